The van der Waals surface area contributed by atoms with Crippen molar-refractivity contribution in [3.63, 3.8) is 0 Å². The second-order valence-corrected chi connectivity index (χ2v) is 6.31. The maximum Gasteiger partial charge on any atom is 0.224 e. The van der Waals surface area contributed by atoms with Gasteiger partial charge in [-0.1, -0.05) is 25.8 Å². The Morgan fingerprint density at radius 3 is 2.86 bits per heavy atom. The van der Waals surface area contributed by atoms with Crippen LogP contribution in [0.3, 0.4) is 0 Å². The van der Waals surface area contributed by atoms with Crippen LogP contribution in [0.1, 0.15) is 51.0 Å². The molecule has 2 atom stereocenters. The van der Waals surface area contributed by atoms with E-state index in [-0.39, 0.29) is 11.9 Å². The highest BCUT2D eigenvalue weighted by atomic mass is 16.5. The summed E-state index contributed by atoms with van der Waals surface area (Å²) in [5.41, 5.74) is 8.01. The summed E-state index contributed by atoms with van der Waals surface area (Å²) in [4.78, 5) is 12.3. The molecular formula is C18H28N2O2. The fourth-order valence-corrected chi connectivity index (χ4v) is 2.99. The van der Waals surface area contributed by atoms with Crippen molar-refractivity contribution in [2.45, 2.75) is 58.4 Å². The minimum absolute atomic E-state index is 0.0348. The lowest BCUT2D eigenvalue weighted by atomic mass is 9.83. The first kappa shape index (κ1) is 16.8. The van der Waals surface area contributed by atoms with Crippen LogP contribution in [0.4, 0.5) is 5.69 Å². The molecule has 0 spiro atoms. The van der Waals surface area contributed by atoms with Crippen LogP contribution in [0.25, 0.3) is 0 Å². The van der Waals surface area contributed by atoms with E-state index in [2.05, 4.69) is 12.2 Å². The number of rotatable bonds is 6. The normalized spacial score (nSPS) is 21.4. The van der Waals surface area contributed by atoms with Crippen molar-refractivity contribution in [1.82, 2.24) is 0 Å². The second-order valence-electron chi connectivity index (χ2n) is 6.31. The average molecular weight is 304 g/mol. The van der Waals surface area contributed by atoms with E-state index in [4.69, 9.17) is 10.5 Å². The quantitative estimate of drug-likeness (QED) is 0.843. The van der Waals surface area contributed by atoms with E-state index in [1.807, 2.05) is 25.1 Å². The standard InChI is InChI=1S/C18H28N2O2/c1-3-10-22-17-11-13(2)8-9-16(17)20-18(21)12-14-6-4-5-7-15(14)19/h8-9,11,14-15H,3-7,10,12,19H2,1-2H3,(H,20,21). The minimum Gasteiger partial charge on any atom is -0.491 e. The summed E-state index contributed by atoms with van der Waals surface area (Å²) in [5.74, 6) is 1.09. The molecule has 1 aromatic rings. The molecule has 0 bridgehead atoms. The summed E-state index contributed by atoms with van der Waals surface area (Å²) in [5, 5.41) is 3.00. The minimum atomic E-state index is 0.0348. The molecule has 1 amide bonds. The SMILES string of the molecule is CCCOc1cc(C)ccc1NC(=O)CC1CCCCC1N. The van der Waals surface area contributed by atoms with Crippen molar-refractivity contribution >= 4 is 11.6 Å². The molecule has 2 unspecified atom stereocenters. The Kier molecular flexibility index (Phi) is 6.25. The molecule has 4 heteroatoms. The average Bonchev–Trinajstić information content (AvgIpc) is 2.50. The number of carbonyl (C=O) groups excluding carboxylic acids is 1. The monoisotopic (exact) mass is 304 g/mol. The van der Waals surface area contributed by atoms with Crippen molar-refractivity contribution in [1.29, 1.82) is 0 Å². The summed E-state index contributed by atoms with van der Waals surface area (Å²) < 4.78 is 5.74. The summed E-state index contributed by atoms with van der Waals surface area (Å²) in [6.07, 6.45) is 5.91. The molecule has 0 saturated heterocycles. The molecular weight excluding hydrogens is 276 g/mol. The van der Waals surface area contributed by atoms with E-state index in [1.165, 1.54) is 12.8 Å². The van der Waals surface area contributed by atoms with Crippen molar-refractivity contribution in [2.75, 3.05) is 11.9 Å². The lowest BCUT2D eigenvalue weighted by Crippen LogP contribution is -2.35. The summed E-state index contributed by atoms with van der Waals surface area (Å²) in [6.45, 7) is 4.74. The number of nitrogens with two attached hydrogens (primary N) is 1. The van der Waals surface area contributed by atoms with Gasteiger partial charge in [0.1, 0.15) is 5.75 Å². The number of nitrogens with one attached hydrogen (secondary N) is 1. The van der Waals surface area contributed by atoms with E-state index < -0.39 is 0 Å². The first-order valence-electron chi connectivity index (χ1n) is 8.39. The number of carbonyl (C=O) groups is 1. The summed E-state index contributed by atoms with van der Waals surface area (Å²) in [6, 6.07) is 6.03. The van der Waals surface area contributed by atoms with E-state index in [9.17, 15) is 4.79 Å². The maximum atomic E-state index is 12.3. The highest BCUT2D eigenvalue weighted by Gasteiger charge is 2.24. The molecule has 0 radical (unpaired) electrons. The van der Waals surface area contributed by atoms with Gasteiger partial charge >= 0.3 is 0 Å². The molecule has 0 aromatic heterocycles. The van der Waals surface area contributed by atoms with Gasteiger partial charge in [-0.3, -0.25) is 4.79 Å². The Hall–Kier alpha value is -1.55. The second kappa shape index (κ2) is 8.18. The first-order chi connectivity index (χ1) is 10.6. The molecule has 1 aliphatic carbocycles. The highest BCUT2D eigenvalue weighted by molar-refractivity contribution is 5.92. The van der Waals surface area contributed by atoms with Gasteiger partial charge in [0.05, 0.1) is 12.3 Å². The van der Waals surface area contributed by atoms with Gasteiger partial charge in [0.15, 0.2) is 0 Å². The lowest BCUT2D eigenvalue weighted by molar-refractivity contribution is -0.117. The smallest absolute Gasteiger partial charge is 0.224 e. The molecule has 22 heavy (non-hydrogen) atoms. The number of ether oxygens (including phenoxy) is 1. The highest BCUT2D eigenvalue weighted by Crippen LogP contribution is 2.29. The van der Waals surface area contributed by atoms with Crippen molar-refractivity contribution in [3.05, 3.63) is 23.8 Å². The Balaban J connectivity index is 1.98. The van der Waals surface area contributed by atoms with Crippen LogP contribution in [-0.2, 0) is 4.79 Å². The third-order valence-electron chi connectivity index (χ3n) is 4.29. The molecule has 3 N–H and O–H groups in total. The van der Waals surface area contributed by atoms with E-state index in [0.29, 0.717) is 18.9 Å². The molecule has 1 aromatic carbocycles. The largest absolute Gasteiger partial charge is 0.491 e. The van der Waals surface area contributed by atoms with Gasteiger partial charge in [-0.05, 0) is 49.8 Å². The molecule has 4 nitrogen and oxygen atoms in total. The van der Waals surface area contributed by atoms with Crippen LogP contribution < -0.4 is 15.8 Å². The predicted octanol–water partition coefficient (Wildman–Crippen LogP) is 3.63. The number of hydrogen-bond donors (Lipinski definition) is 2. The molecule has 1 fully saturated rings. The van der Waals surface area contributed by atoms with Gasteiger partial charge in [-0.2, -0.15) is 0 Å². The Labute approximate surface area is 133 Å². The van der Waals surface area contributed by atoms with Crippen molar-refractivity contribution < 1.29 is 9.53 Å². The van der Waals surface area contributed by atoms with E-state index in [0.717, 1.165) is 36.3 Å². The first-order valence-corrected chi connectivity index (χ1v) is 8.39. The van der Waals surface area contributed by atoms with Gasteiger partial charge in [-0.15, -0.1) is 0 Å². The van der Waals surface area contributed by atoms with Gasteiger partial charge in [0, 0.05) is 12.5 Å². The Morgan fingerprint density at radius 1 is 1.36 bits per heavy atom. The van der Waals surface area contributed by atoms with E-state index in [1.54, 1.807) is 0 Å². The van der Waals surface area contributed by atoms with Crippen LogP contribution in [0.5, 0.6) is 5.75 Å². The number of anilines is 1. The number of benzene rings is 1. The van der Waals surface area contributed by atoms with Gasteiger partial charge in [0.2, 0.25) is 5.91 Å². The predicted molar refractivity (Wildman–Crippen MR) is 90.1 cm³/mol. The number of hydrogen-bond acceptors (Lipinski definition) is 3. The van der Waals surface area contributed by atoms with Gasteiger partial charge in [-0.25, -0.2) is 0 Å². The molecule has 122 valence electrons. The zero-order valence-corrected chi connectivity index (χ0v) is 13.7. The molecule has 0 aliphatic heterocycles. The Bertz CT molecular complexity index is 502. The molecule has 2 rings (SSSR count). The van der Waals surface area contributed by atoms with Crippen LogP contribution in [0, 0.1) is 12.8 Å². The van der Waals surface area contributed by atoms with Crippen LogP contribution in [-0.4, -0.2) is 18.6 Å². The molecule has 1 saturated carbocycles. The molecule has 0 heterocycles. The summed E-state index contributed by atoms with van der Waals surface area (Å²) >= 11 is 0. The van der Waals surface area contributed by atoms with Crippen LogP contribution in [0.15, 0.2) is 18.2 Å². The number of amides is 1. The van der Waals surface area contributed by atoms with Crippen LogP contribution in [0.2, 0.25) is 0 Å². The zero-order chi connectivity index (χ0) is 15.9. The maximum absolute atomic E-state index is 12.3. The van der Waals surface area contributed by atoms with Gasteiger partial charge < -0.3 is 15.8 Å². The molecule has 1 aliphatic rings. The third kappa shape index (κ3) is 4.73. The number of aryl methyl sites for hydroxylation is 1. The topological polar surface area (TPSA) is 64.3 Å². The zero-order valence-electron chi connectivity index (χ0n) is 13.7. The Morgan fingerprint density at radius 2 is 2.14 bits per heavy atom. The van der Waals surface area contributed by atoms with Crippen LogP contribution >= 0.6 is 0 Å². The fraction of sp³-hybridized carbons (Fsp3) is 0.611. The van der Waals surface area contributed by atoms with Crippen molar-refractivity contribution in [2.24, 2.45) is 11.7 Å². The lowest BCUT2D eigenvalue weighted by Gasteiger charge is -2.28. The van der Waals surface area contributed by atoms with Crippen molar-refractivity contribution in [3.8, 4) is 5.75 Å². The van der Waals surface area contributed by atoms with Gasteiger partial charge in [0.25, 0.3) is 0 Å². The summed E-state index contributed by atoms with van der Waals surface area (Å²) in [7, 11) is 0. The van der Waals surface area contributed by atoms with E-state index >= 15 is 0 Å². The third-order valence-corrected chi connectivity index (χ3v) is 4.29. The fourth-order valence-electron chi connectivity index (χ4n) is 2.99.